The Bertz CT molecular complexity index is 653. The molecule has 0 fully saturated rings. The van der Waals surface area contributed by atoms with Crippen LogP contribution in [0.5, 0.6) is 0 Å². The van der Waals surface area contributed by atoms with Crippen molar-refractivity contribution in [2.24, 2.45) is 0 Å². The zero-order valence-corrected chi connectivity index (χ0v) is 14.8. The fraction of sp³-hybridized carbons (Fsp3) is 0.526. The standard InChI is InChI=1S/C19H29N3O2/c1-4-10-16-18(11-7-8-13-19(23)24)22-17(15(5-2)21-16)12-9-14-20-6-3/h4-5,12,20H,1,6-11,13-14H2,2-3H3,(H,23,24)/b15-5+,17-12+. The molecule has 5 nitrogen and oxygen atoms in total. The summed E-state index contributed by atoms with van der Waals surface area (Å²) >= 11 is 0. The molecule has 0 bridgehead atoms. The molecule has 1 aromatic heterocycles. The van der Waals surface area contributed by atoms with Crippen LogP contribution in [0.25, 0.3) is 12.2 Å². The maximum absolute atomic E-state index is 10.6. The predicted molar refractivity (Wildman–Crippen MR) is 98.1 cm³/mol. The molecule has 0 amide bonds. The van der Waals surface area contributed by atoms with E-state index in [-0.39, 0.29) is 6.42 Å². The van der Waals surface area contributed by atoms with Crippen LogP contribution >= 0.6 is 0 Å². The molecule has 1 heterocycles. The number of aryl methyl sites for hydroxylation is 1. The summed E-state index contributed by atoms with van der Waals surface area (Å²) in [6, 6.07) is 0. The second kappa shape index (κ2) is 11.5. The van der Waals surface area contributed by atoms with Crippen molar-refractivity contribution in [3.63, 3.8) is 0 Å². The lowest BCUT2D eigenvalue weighted by Crippen LogP contribution is -2.34. The first-order valence-electron chi connectivity index (χ1n) is 8.68. The molecule has 2 N–H and O–H groups in total. The SMILES string of the molecule is C=CCc1nc(=C/C)/c(=C\CCNCC)nc1CCCCC(=O)O. The van der Waals surface area contributed by atoms with Gasteiger partial charge in [0.15, 0.2) is 0 Å². The number of carbonyl (C=O) groups is 1. The Morgan fingerprint density at radius 2 is 2.00 bits per heavy atom. The smallest absolute Gasteiger partial charge is 0.303 e. The summed E-state index contributed by atoms with van der Waals surface area (Å²) in [5, 5.41) is 13.9. The summed E-state index contributed by atoms with van der Waals surface area (Å²) < 4.78 is 0. The molecule has 0 radical (unpaired) electrons. The molecule has 0 saturated carbocycles. The van der Waals surface area contributed by atoms with Gasteiger partial charge in [0.25, 0.3) is 0 Å². The van der Waals surface area contributed by atoms with E-state index in [1.54, 1.807) is 0 Å². The molecular weight excluding hydrogens is 302 g/mol. The van der Waals surface area contributed by atoms with Gasteiger partial charge in [-0.1, -0.05) is 25.2 Å². The van der Waals surface area contributed by atoms with Crippen LogP contribution in [0.4, 0.5) is 0 Å². The van der Waals surface area contributed by atoms with E-state index in [0.717, 1.165) is 54.4 Å². The Balaban J connectivity index is 3.00. The third-order valence-electron chi connectivity index (χ3n) is 3.68. The van der Waals surface area contributed by atoms with Gasteiger partial charge >= 0.3 is 5.97 Å². The van der Waals surface area contributed by atoms with Gasteiger partial charge in [-0.3, -0.25) is 4.79 Å². The quantitative estimate of drug-likeness (QED) is 0.476. The summed E-state index contributed by atoms with van der Waals surface area (Å²) in [4.78, 5) is 20.2. The van der Waals surface area contributed by atoms with E-state index in [2.05, 4.69) is 24.9 Å². The van der Waals surface area contributed by atoms with Gasteiger partial charge in [-0.05, 0) is 45.7 Å². The second-order valence-corrected chi connectivity index (χ2v) is 5.62. The highest BCUT2D eigenvalue weighted by molar-refractivity contribution is 5.66. The van der Waals surface area contributed by atoms with E-state index in [1.165, 1.54) is 0 Å². The van der Waals surface area contributed by atoms with E-state index in [4.69, 9.17) is 15.1 Å². The molecule has 0 aliphatic carbocycles. The minimum Gasteiger partial charge on any atom is -0.481 e. The van der Waals surface area contributed by atoms with Crippen molar-refractivity contribution in [1.29, 1.82) is 0 Å². The molecule has 0 aliphatic heterocycles. The maximum Gasteiger partial charge on any atom is 0.303 e. The number of nitrogens with zero attached hydrogens (tertiary/aromatic N) is 2. The summed E-state index contributed by atoms with van der Waals surface area (Å²) in [7, 11) is 0. The van der Waals surface area contributed by atoms with Crippen LogP contribution in [0, 0.1) is 0 Å². The minimum absolute atomic E-state index is 0.201. The second-order valence-electron chi connectivity index (χ2n) is 5.62. The van der Waals surface area contributed by atoms with Gasteiger partial charge in [0.05, 0.1) is 22.1 Å². The van der Waals surface area contributed by atoms with Crippen LogP contribution in [0.3, 0.4) is 0 Å². The normalized spacial score (nSPS) is 12.6. The van der Waals surface area contributed by atoms with Gasteiger partial charge in [-0.15, -0.1) is 6.58 Å². The van der Waals surface area contributed by atoms with Gasteiger partial charge in [0, 0.05) is 12.8 Å². The van der Waals surface area contributed by atoms with Crippen LogP contribution in [-0.2, 0) is 17.6 Å². The third-order valence-corrected chi connectivity index (χ3v) is 3.68. The summed E-state index contributed by atoms with van der Waals surface area (Å²) in [6.45, 7) is 9.73. The highest BCUT2D eigenvalue weighted by Gasteiger charge is 2.07. The molecule has 24 heavy (non-hydrogen) atoms. The van der Waals surface area contributed by atoms with E-state index in [1.807, 2.05) is 19.1 Å². The van der Waals surface area contributed by atoms with Crippen LogP contribution < -0.4 is 16.0 Å². The van der Waals surface area contributed by atoms with Gasteiger partial charge in [-0.25, -0.2) is 9.97 Å². The Kier molecular flexibility index (Phi) is 9.61. The molecule has 0 atom stereocenters. The zero-order valence-electron chi connectivity index (χ0n) is 14.8. The van der Waals surface area contributed by atoms with Crippen molar-refractivity contribution in [2.45, 2.75) is 52.4 Å². The van der Waals surface area contributed by atoms with Crippen LogP contribution in [0.2, 0.25) is 0 Å². The summed E-state index contributed by atoms with van der Waals surface area (Å²) in [5.41, 5.74) is 1.90. The number of rotatable bonds is 11. The summed E-state index contributed by atoms with van der Waals surface area (Å²) in [5.74, 6) is -0.749. The van der Waals surface area contributed by atoms with Crippen molar-refractivity contribution < 1.29 is 9.90 Å². The minimum atomic E-state index is -0.749. The number of aliphatic carboxylic acids is 1. The van der Waals surface area contributed by atoms with Crippen molar-refractivity contribution in [2.75, 3.05) is 13.1 Å². The third kappa shape index (κ3) is 7.04. The van der Waals surface area contributed by atoms with Crippen molar-refractivity contribution in [3.8, 4) is 0 Å². The van der Waals surface area contributed by atoms with Crippen LogP contribution in [0.15, 0.2) is 12.7 Å². The molecular formula is C19H29N3O2. The average Bonchev–Trinajstić information content (AvgIpc) is 2.57. The topological polar surface area (TPSA) is 75.1 Å². The number of hydrogen-bond acceptors (Lipinski definition) is 4. The largest absolute Gasteiger partial charge is 0.481 e. The van der Waals surface area contributed by atoms with Crippen LogP contribution in [0.1, 0.15) is 50.9 Å². The Hall–Kier alpha value is -2.01. The van der Waals surface area contributed by atoms with Crippen molar-refractivity contribution >= 4 is 18.1 Å². The highest BCUT2D eigenvalue weighted by Crippen LogP contribution is 2.07. The highest BCUT2D eigenvalue weighted by atomic mass is 16.4. The number of carboxylic acid groups (broad SMARTS) is 1. The first-order valence-corrected chi connectivity index (χ1v) is 8.68. The first-order chi connectivity index (χ1) is 11.6. The molecule has 1 aromatic rings. The van der Waals surface area contributed by atoms with E-state index >= 15 is 0 Å². The number of aromatic nitrogens is 2. The zero-order chi connectivity index (χ0) is 17.8. The average molecular weight is 331 g/mol. The van der Waals surface area contributed by atoms with E-state index in [9.17, 15) is 4.79 Å². The Morgan fingerprint density at radius 1 is 1.25 bits per heavy atom. The number of nitrogens with one attached hydrogen (secondary N) is 1. The van der Waals surface area contributed by atoms with E-state index in [0.29, 0.717) is 12.8 Å². The van der Waals surface area contributed by atoms with Gasteiger partial charge < -0.3 is 10.4 Å². The lowest BCUT2D eigenvalue weighted by Gasteiger charge is -2.07. The van der Waals surface area contributed by atoms with E-state index < -0.39 is 5.97 Å². The van der Waals surface area contributed by atoms with Crippen molar-refractivity contribution in [3.05, 3.63) is 34.7 Å². The molecule has 0 saturated heterocycles. The number of hydrogen-bond donors (Lipinski definition) is 2. The molecule has 1 rings (SSSR count). The first kappa shape index (κ1) is 20.0. The predicted octanol–water partition coefficient (Wildman–Crippen LogP) is 1.58. The lowest BCUT2D eigenvalue weighted by atomic mass is 10.1. The number of allylic oxidation sites excluding steroid dienone is 1. The van der Waals surface area contributed by atoms with Crippen molar-refractivity contribution in [1.82, 2.24) is 15.3 Å². The fourth-order valence-corrected chi connectivity index (χ4v) is 2.45. The van der Waals surface area contributed by atoms with Crippen LogP contribution in [-0.4, -0.2) is 34.1 Å². The van der Waals surface area contributed by atoms with Gasteiger partial charge in [0.2, 0.25) is 0 Å². The Morgan fingerprint density at radius 3 is 2.62 bits per heavy atom. The lowest BCUT2D eigenvalue weighted by molar-refractivity contribution is -0.137. The molecule has 132 valence electrons. The number of carboxylic acids is 1. The Labute approximate surface area is 144 Å². The number of unbranched alkanes of at least 4 members (excludes halogenated alkanes) is 1. The maximum atomic E-state index is 10.6. The molecule has 0 aromatic carbocycles. The molecule has 0 spiro atoms. The molecule has 0 unspecified atom stereocenters. The molecule has 0 aliphatic rings. The molecule has 5 heteroatoms. The van der Waals surface area contributed by atoms with Gasteiger partial charge in [0.1, 0.15) is 0 Å². The monoisotopic (exact) mass is 331 g/mol. The van der Waals surface area contributed by atoms with Gasteiger partial charge in [-0.2, -0.15) is 0 Å². The fourth-order valence-electron chi connectivity index (χ4n) is 2.45. The summed E-state index contributed by atoms with van der Waals surface area (Å²) in [6.07, 6.45) is 9.93.